The van der Waals surface area contributed by atoms with Gasteiger partial charge < -0.3 is 15.1 Å². The number of carbonyl (C=O) groups excluding carboxylic acids is 2. The lowest BCUT2D eigenvalue weighted by Gasteiger charge is -2.61. The van der Waals surface area contributed by atoms with Crippen LogP contribution in [0.3, 0.4) is 0 Å². The Labute approximate surface area is 218 Å². The second kappa shape index (κ2) is 9.10. The average Bonchev–Trinajstić information content (AvgIpc) is 3.62. The van der Waals surface area contributed by atoms with Gasteiger partial charge in [-0.05, 0) is 74.8 Å². The van der Waals surface area contributed by atoms with E-state index in [1.165, 1.54) is 6.20 Å². The Morgan fingerprint density at radius 2 is 2.03 bits per heavy atom. The Bertz CT molecular complexity index is 1360. The highest BCUT2D eigenvalue weighted by molar-refractivity contribution is 6.02. The monoisotopic (exact) mass is 521 g/mol. The van der Waals surface area contributed by atoms with Gasteiger partial charge in [0, 0.05) is 19.2 Å². The number of anilines is 1. The van der Waals surface area contributed by atoms with E-state index in [1.54, 1.807) is 35.5 Å². The number of aryl methyl sites for hydroxylation is 1. The molecular weight excluding hydrogens is 490 g/mol. The van der Waals surface area contributed by atoms with Gasteiger partial charge in [0.25, 0.3) is 5.91 Å². The normalized spacial score (nSPS) is 27.4. The maximum Gasteiger partial charge on any atom is 0.307 e. The molecule has 0 spiro atoms. The molecule has 0 aromatic carbocycles. The van der Waals surface area contributed by atoms with Gasteiger partial charge in [0.15, 0.2) is 5.69 Å². The van der Waals surface area contributed by atoms with Gasteiger partial charge in [-0.25, -0.2) is 0 Å². The van der Waals surface area contributed by atoms with Crippen LogP contribution in [0.1, 0.15) is 68.1 Å². The Kier molecular flexibility index (Phi) is 5.84. The van der Waals surface area contributed by atoms with Crippen LogP contribution in [0.4, 0.5) is 11.4 Å². The second-order valence-electron chi connectivity index (χ2n) is 11.3. The summed E-state index contributed by atoms with van der Waals surface area (Å²) < 4.78 is 8.71. The molecule has 12 heteroatoms. The van der Waals surface area contributed by atoms with Crippen LogP contribution < -0.4 is 10.6 Å². The van der Waals surface area contributed by atoms with Crippen molar-refractivity contribution in [3.8, 4) is 0 Å². The van der Waals surface area contributed by atoms with E-state index in [0.29, 0.717) is 36.2 Å². The fourth-order valence-electron chi connectivity index (χ4n) is 7.59. The van der Waals surface area contributed by atoms with Gasteiger partial charge in [-0.2, -0.15) is 10.2 Å². The summed E-state index contributed by atoms with van der Waals surface area (Å²) in [4.78, 5) is 37.2. The van der Waals surface area contributed by atoms with Crippen molar-refractivity contribution in [1.82, 2.24) is 24.9 Å². The first-order valence-electron chi connectivity index (χ1n) is 13.1. The standard InChI is InChI=1S/C26H31N7O5/c1-2-31-15-21(23(30-31)24(35)27-13-20-4-3-5-38-20)29-22(34)11-25-7-17-6-18(8-25)10-26(9-17,16-25)32-14-19(12-28-32)33(36)37/h3-5,12,14-15,17-18H,2,6-11,13,16H2,1H3,(H,27,35)(H,29,34). The van der Waals surface area contributed by atoms with Gasteiger partial charge in [-0.1, -0.05) is 0 Å². The fourth-order valence-corrected chi connectivity index (χ4v) is 7.59. The number of hydrogen-bond acceptors (Lipinski definition) is 7. The van der Waals surface area contributed by atoms with E-state index in [1.807, 2.05) is 11.6 Å². The zero-order valence-corrected chi connectivity index (χ0v) is 21.3. The van der Waals surface area contributed by atoms with Crippen LogP contribution in [-0.2, 0) is 23.4 Å². The van der Waals surface area contributed by atoms with Gasteiger partial charge in [0.1, 0.15) is 18.2 Å². The van der Waals surface area contributed by atoms with Gasteiger partial charge in [0.2, 0.25) is 5.91 Å². The third-order valence-electron chi connectivity index (χ3n) is 8.53. The van der Waals surface area contributed by atoms with Crippen molar-refractivity contribution in [3.05, 3.63) is 58.6 Å². The molecule has 4 saturated carbocycles. The van der Waals surface area contributed by atoms with E-state index in [2.05, 4.69) is 20.8 Å². The Hall–Kier alpha value is -3.96. The van der Waals surface area contributed by atoms with E-state index < -0.39 is 10.8 Å². The third kappa shape index (κ3) is 4.37. The number of amides is 2. The zero-order valence-electron chi connectivity index (χ0n) is 21.3. The summed E-state index contributed by atoms with van der Waals surface area (Å²) in [6.07, 6.45) is 12.1. The third-order valence-corrected chi connectivity index (χ3v) is 8.53. The molecule has 38 heavy (non-hydrogen) atoms. The molecule has 0 aliphatic heterocycles. The van der Waals surface area contributed by atoms with E-state index in [0.717, 1.165) is 38.5 Å². The molecule has 4 aliphatic rings. The molecule has 4 bridgehead atoms. The SMILES string of the molecule is CCn1cc(NC(=O)CC23CC4CC(C2)CC(n2cc([N+](=O)[O-])cn2)(C4)C3)c(C(=O)NCc2ccco2)n1. The average molecular weight is 522 g/mol. The van der Waals surface area contributed by atoms with Crippen molar-refractivity contribution in [2.24, 2.45) is 17.3 Å². The predicted molar refractivity (Wildman–Crippen MR) is 135 cm³/mol. The van der Waals surface area contributed by atoms with Crippen molar-refractivity contribution in [1.29, 1.82) is 0 Å². The van der Waals surface area contributed by atoms with E-state index in [9.17, 15) is 19.7 Å². The number of hydrogen-bond donors (Lipinski definition) is 2. The van der Waals surface area contributed by atoms with Crippen LogP contribution in [0.2, 0.25) is 0 Å². The molecule has 0 radical (unpaired) electrons. The number of aromatic nitrogens is 4. The summed E-state index contributed by atoms with van der Waals surface area (Å²) in [6, 6.07) is 3.52. The van der Waals surface area contributed by atoms with Crippen LogP contribution in [0.25, 0.3) is 0 Å². The summed E-state index contributed by atoms with van der Waals surface area (Å²) in [5.41, 5.74) is 0.0619. The lowest BCUT2D eigenvalue weighted by atomic mass is 9.46. The maximum absolute atomic E-state index is 13.4. The van der Waals surface area contributed by atoms with Crippen LogP contribution in [0.5, 0.6) is 0 Å². The summed E-state index contributed by atoms with van der Waals surface area (Å²) in [6.45, 7) is 2.69. The molecule has 3 heterocycles. The largest absolute Gasteiger partial charge is 0.467 e. The van der Waals surface area contributed by atoms with Gasteiger partial charge >= 0.3 is 5.69 Å². The van der Waals surface area contributed by atoms with E-state index in [4.69, 9.17) is 4.42 Å². The number of furan rings is 1. The topological polar surface area (TPSA) is 150 Å². The molecule has 2 atom stereocenters. The smallest absolute Gasteiger partial charge is 0.307 e. The minimum Gasteiger partial charge on any atom is -0.467 e. The van der Waals surface area contributed by atoms with Crippen molar-refractivity contribution in [2.75, 3.05) is 5.32 Å². The zero-order chi connectivity index (χ0) is 26.5. The van der Waals surface area contributed by atoms with E-state index in [-0.39, 0.29) is 34.8 Å². The molecule has 2 unspecified atom stereocenters. The van der Waals surface area contributed by atoms with Gasteiger partial charge in [0.05, 0.1) is 29.0 Å². The Morgan fingerprint density at radius 1 is 1.24 bits per heavy atom. The minimum atomic E-state index is -0.411. The number of nitrogens with zero attached hydrogens (tertiary/aromatic N) is 5. The lowest BCUT2D eigenvalue weighted by Crippen LogP contribution is -2.57. The molecule has 3 aromatic heterocycles. The highest BCUT2D eigenvalue weighted by Crippen LogP contribution is 2.65. The molecule has 200 valence electrons. The Balaban J connectivity index is 1.19. The maximum atomic E-state index is 13.4. The fraction of sp³-hybridized carbons (Fsp3) is 0.538. The molecule has 4 fully saturated rings. The van der Waals surface area contributed by atoms with E-state index >= 15 is 0 Å². The molecule has 3 aromatic rings. The van der Waals surface area contributed by atoms with Crippen LogP contribution in [0.15, 0.2) is 41.4 Å². The second-order valence-corrected chi connectivity index (χ2v) is 11.3. The summed E-state index contributed by atoms with van der Waals surface area (Å²) >= 11 is 0. The molecular formula is C26H31N7O5. The summed E-state index contributed by atoms with van der Waals surface area (Å²) in [5.74, 6) is 1.02. The first-order valence-corrected chi connectivity index (χ1v) is 13.1. The number of rotatable bonds is 9. The molecule has 7 rings (SSSR count). The molecule has 2 amide bonds. The summed E-state index contributed by atoms with van der Waals surface area (Å²) in [5, 5.41) is 25.8. The highest BCUT2D eigenvalue weighted by atomic mass is 16.6. The molecule has 2 N–H and O–H groups in total. The minimum absolute atomic E-state index is 0.00155. The Morgan fingerprint density at radius 3 is 2.68 bits per heavy atom. The first-order chi connectivity index (χ1) is 18.3. The number of nitrogens with one attached hydrogen (secondary N) is 2. The number of nitro groups is 1. The first kappa shape index (κ1) is 24.4. The molecule has 12 nitrogen and oxygen atoms in total. The molecule has 4 aliphatic carbocycles. The van der Waals surface area contributed by atoms with Crippen molar-refractivity contribution >= 4 is 23.2 Å². The predicted octanol–water partition coefficient (Wildman–Crippen LogP) is 3.86. The lowest BCUT2D eigenvalue weighted by molar-refractivity contribution is -0.385. The van der Waals surface area contributed by atoms with Crippen molar-refractivity contribution in [2.45, 2.75) is 70.5 Å². The number of carbonyl (C=O) groups is 2. The van der Waals surface area contributed by atoms with Crippen LogP contribution >= 0.6 is 0 Å². The van der Waals surface area contributed by atoms with Crippen molar-refractivity contribution < 1.29 is 18.9 Å². The van der Waals surface area contributed by atoms with Crippen molar-refractivity contribution in [3.63, 3.8) is 0 Å². The molecule has 0 saturated heterocycles. The van der Waals surface area contributed by atoms with Crippen LogP contribution in [0, 0.1) is 27.4 Å². The highest BCUT2D eigenvalue weighted by Gasteiger charge is 2.59. The van der Waals surface area contributed by atoms with Gasteiger partial charge in [-0.3, -0.25) is 29.1 Å². The van der Waals surface area contributed by atoms with Gasteiger partial charge in [-0.15, -0.1) is 0 Å². The summed E-state index contributed by atoms with van der Waals surface area (Å²) in [7, 11) is 0. The quantitative estimate of drug-likeness (QED) is 0.321. The van der Waals surface area contributed by atoms with Crippen LogP contribution in [-0.4, -0.2) is 36.3 Å².